The highest BCUT2D eigenvalue weighted by Crippen LogP contribution is 2.34. The van der Waals surface area contributed by atoms with Crippen molar-refractivity contribution in [3.05, 3.63) is 34.6 Å². The van der Waals surface area contributed by atoms with Crippen molar-refractivity contribution < 1.29 is 9.18 Å². The second kappa shape index (κ2) is 11.6. The number of Topliss-reactive ketones (excluding diaryl/α,β-unsaturated/α-hetero) is 1. The van der Waals surface area contributed by atoms with Crippen LogP contribution in [0.5, 0.6) is 0 Å². The van der Waals surface area contributed by atoms with E-state index in [9.17, 15) is 9.18 Å². The van der Waals surface area contributed by atoms with Gasteiger partial charge in [0.2, 0.25) is 0 Å². The monoisotopic (exact) mass is 374 g/mol. The maximum Gasteiger partial charge on any atom is 0.162 e. The molecule has 0 radical (unpaired) electrons. The van der Waals surface area contributed by atoms with E-state index in [-0.39, 0.29) is 11.6 Å². The standard InChI is InChI=1S/C25H39FO/c1-4-6-7-10-20-13-15-21(16-14-20)11-8-9-12-22-17-18-23(24(27)5-2)19(3)25(22)26/h17-18,20-21H,4-16H2,1-3H3. The lowest BCUT2D eigenvalue weighted by Gasteiger charge is -2.28. The van der Waals surface area contributed by atoms with Crippen LogP contribution in [0.15, 0.2) is 12.1 Å². The van der Waals surface area contributed by atoms with Gasteiger partial charge >= 0.3 is 0 Å². The molecule has 0 spiro atoms. The Bertz CT molecular complexity index is 584. The molecule has 0 atom stereocenters. The average molecular weight is 375 g/mol. The molecule has 0 aromatic heterocycles. The van der Waals surface area contributed by atoms with Crippen LogP contribution in [0.3, 0.4) is 0 Å². The van der Waals surface area contributed by atoms with Crippen LogP contribution in [0.2, 0.25) is 0 Å². The molecule has 0 N–H and O–H groups in total. The summed E-state index contributed by atoms with van der Waals surface area (Å²) in [5.74, 6) is 1.74. The highest BCUT2D eigenvalue weighted by molar-refractivity contribution is 5.97. The predicted octanol–water partition coefficient (Wildman–Crippen LogP) is 7.83. The van der Waals surface area contributed by atoms with Gasteiger partial charge in [0.25, 0.3) is 0 Å². The van der Waals surface area contributed by atoms with E-state index in [0.717, 1.165) is 30.2 Å². The molecule has 1 fully saturated rings. The lowest BCUT2D eigenvalue weighted by molar-refractivity contribution is 0.0987. The highest BCUT2D eigenvalue weighted by atomic mass is 19.1. The highest BCUT2D eigenvalue weighted by Gasteiger charge is 2.20. The largest absolute Gasteiger partial charge is 0.294 e. The quantitative estimate of drug-likeness (QED) is 0.285. The van der Waals surface area contributed by atoms with E-state index in [2.05, 4.69) is 6.92 Å². The van der Waals surface area contributed by atoms with Crippen molar-refractivity contribution in [2.24, 2.45) is 11.8 Å². The summed E-state index contributed by atoms with van der Waals surface area (Å²) < 4.78 is 14.6. The molecule has 1 aliphatic rings. The number of halogens is 1. The second-order valence-electron chi connectivity index (χ2n) is 8.62. The van der Waals surface area contributed by atoms with Crippen molar-refractivity contribution in [2.45, 2.75) is 104 Å². The minimum atomic E-state index is -0.165. The van der Waals surface area contributed by atoms with Gasteiger partial charge in [-0.1, -0.05) is 90.2 Å². The molecule has 0 amide bonds. The van der Waals surface area contributed by atoms with E-state index in [1.807, 2.05) is 19.1 Å². The van der Waals surface area contributed by atoms with E-state index in [1.54, 1.807) is 6.92 Å². The van der Waals surface area contributed by atoms with Gasteiger partial charge in [-0.05, 0) is 42.7 Å². The van der Waals surface area contributed by atoms with E-state index < -0.39 is 0 Å². The molecule has 1 aromatic rings. The molecule has 1 aromatic carbocycles. The molecular formula is C25H39FO. The summed E-state index contributed by atoms with van der Waals surface area (Å²) in [4.78, 5) is 11.9. The summed E-state index contributed by atoms with van der Waals surface area (Å²) >= 11 is 0. The van der Waals surface area contributed by atoms with Crippen LogP contribution in [0, 0.1) is 24.6 Å². The summed E-state index contributed by atoms with van der Waals surface area (Å²) in [5, 5.41) is 0. The molecule has 1 aliphatic carbocycles. The van der Waals surface area contributed by atoms with Crippen molar-refractivity contribution in [1.82, 2.24) is 0 Å². The number of carbonyl (C=O) groups is 1. The van der Waals surface area contributed by atoms with Gasteiger partial charge in [-0.2, -0.15) is 0 Å². The maximum absolute atomic E-state index is 14.6. The Labute approximate surface area is 166 Å². The van der Waals surface area contributed by atoms with Crippen molar-refractivity contribution in [1.29, 1.82) is 0 Å². The van der Waals surface area contributed by atoms with Crippen LogP contribution in [0.25, 0.3) is 0 Å². The fourth-order valence-corrected chi connectivity index (χ4v) is 4.67. The Morgan fingerprint density at radius 3 is 2.11 bits per heavy atom. The summed E-state index contributed by atoms with van der Waals surface area (Å²) in [6.45, 7) is 5.84. The zero-order valence-electron chi connectivity index (χ0n) is 17.8. The summed E-state index contributed by atoms with van der Waals surface area (Å²) in [6, 6.07) is 3.64. The van der Waals surface area contributed by atoms with Gasteiger partial charge in [0.05, 0.1) is 0 Å². The molecule has 1 nitrogen and oxygen atoms in total. The molecule has 1 saturated carbocycles. The lowest BCUT2D eigenvalue weighted by Crippen LogP contribution is -2.14. The SMILES string of the molecule is CCCCCC1CCC(CCCCc2ccc(C(=O)CC)c(C)c2F)CC1. The number of hydrogen-bond donors (Lipinski definition) is 0. The fraction of sp³-hybridized carbons (Fsp3) is 0.720. The Morgan fingerprint density at radius 1 is 0.963 bits per heavy atom. The van der Waals surface area contributed by atoms with Crippen molar-refractivity contribution >= 4 is 5.78 Å². The molecule has 2 heteroatoms. The van der Waals surface area contributed by atoms with Gasteiger partial charge < -0.3 is 0 Å². The lowest BCUT2D eigenvalue weighted by atomic mass is 9.78. The van der Waals surface area contributed by atoms with E-state index in [1.165, 1.54) is 64.2 Å². The van der Waals surface area contributed by atoms with Crippen molar-refractivity contribution in [3.63, 3.8) is 0 Å². The number of benzene rings is 1. The minimum absolute atomic E-state index is 0.0308. The minimum Gasteiger partial charge on any atom is -0.294 e. The third kappa shape index (κ3) is 6.73. The Kier molecular flexibility index (Phi) is 9.51. The topological polar surface area (TPSA) is 17.1 Å². The van der Waals surface area contributed by atoms with Gasteiger partial charge in [-0.25, -0.2) is 4.39 Å². The number of unbranched alkanes of at least 4 members (excludes halogenated alkanes) is 3. The predicted molar refractivity (Wildman–Crippen MR) is 113 cm³/mol. The van der Waals surface area contributed by atoms with Gasteiger partial charge in [0.1, 0.15) is 5.82 Å². The molecule has 0 saturated heterocycles. The molecule has 0 bridgehead atoms. The van der Waals surface area contributed by atoms with Gasteiger partial charge in [-0.15, -0.1) is 0 Å². The summed E-state index contributed by atoms with van der Waals surface area (Å²) in [5.41, 5.74) is 1.86. The van der Waals surface area contributed by atoms with Crippen molar-refractivity contribution in [3.8, 4) is 0 Å². The molecular weight excluding hydrogens is 335 g/mol. The first-order valence-corrected chi connectivity index (χ1v) is 11.4. The van der Waals surface area contributed by atoms with Crippen LogP contribution in [0.1, 0.15) is 112 Å². The summed E-state index contributed by atoms with van der Waals surface area (Å²) in [7, 11) is 0. The van der Waals surface area contributed by atoms with Crippen LogP contribution in [0.4, 0.5) is 4.39 Å². The van der Waals surface area contributed by atoms with Crippen LogP contribution >= 0.6 is 0 Å². The Hall–Kier alpha value is -1.18. The van der Waals surface area contributed by atoms with Crippen LogP contribution in [-0.4, -0.2) is 5.78 Å². The van der Waals surface area contributed by atoms with E-state index in [4.69, 9.17) is 0 Å². The zero-order chi connectivity index (χ0) is 19.6. The first-order valence-electron chi connectivity index (χ1n) is 11.4. The maximum atomic E-state index is 14.6. The summed E-state index contributed by atoms with van der Waals surface area (Å²) in [6.07, 6.45) is 16.0. The molecule has 152 valence electrons. The zero-order valence-corrected chi connectivity index (χ0v) is 17.8. The molecule has 2 rings (SSSR count). The molecule has 0 heterocycles. The number of aryl methyl sites for hydroxylation is 1. The molecule has 27 heavy (non-hydrogen) atoms. The van der Waals surface area contributed by atoms with Crippen molar-refractivity contribution in [2.75, 3.05) is 0 Å². The Balaban J connectivity index is 1.69. The third-order valence-electron chi connectivity index (χ3n) is 6.58. The second-order valence-corrected chi connectivity index (χ2v) is 8.62. The average Bonchev–Trinajstić information content (AvgIpc) is 2.69. The van der Waals surface area contributed by atoms with Gasteiger partial charge in [0.15, 0.2) is 5.78 Å². The molecule has 0 unspecified atom stereocenters. The number of hydrogen-bond acceptors (Lipinski definition) is 1. The normalized spacial score (nSPS) is 20.0. The number of rotatable bonds is 11. The Morgan fingerprint density at radius 2 is 1.56 bits per heavy atom. The third-order valence-corrected chi connectivity index (χ3v) is 6.58. The van der Waals surface area contributed by atoms with Crippen LogP contribution in [-0.2, 0) is 6.42 Å². The van der Waals surface area contributed by atoms with Crippen LogP contribution < -0.4 is 0 Å². The van der Waals surface area contributed by atoms with Gasteiger partial charge in [0, 0.05) is 12.0 Å². The number of carbonyl (C=O) groups excluding carboxylic acids is 1. The fourth-order valence-electron chi connectivity index (χ4n) is 4.67. The smallest absolute Gasteiger partial charge is 0.162 e. The molecule has 0 aliphatic heterocycles. The van der Waals surface area contributed by atoms with Gasteiger partial charge in [-0.3, -0.25) is 4.79 Å². The van der Waals surface area contributed by atoms with E-state index in [0.29, 0.717) is 17.5 Å². The number of ketones is 1. The first-order chi connectivity index (χ1) is 13.1. The van der Waals surface area contributed by atoms with E-state index >= 15 is 0 Å². The first kappa shape index (κ1) is 22.1.